The van der Waals surface area contributed by atoms with Gasteiger partial charge < -0.3 is 20.2 Å². The van der Waals surface area contributed by atoms with E-state index in [0.717, 1.165) is 65.5 Å². The number of hydrogen-bond acceptors (Lipinski definition) is 8. The summed E-state index contributed by atoms with van der Waals surface area (Å²) in [6.45, 7) is 7.17. The van der Waals surface area contributed by atoms with Crippen molar-refractivity contribution in [2.75, 3.05) is 41.3 Å². The molecule has 5 aromatic rings. The van der Waals surface area contributed by atoms with Crippen LogP contribution in [0.15, 0.2) is 67.0 Å². The molecule has 1 atom stereocenters. The third-order valence-electron chi connectivity index (χ3n) is 7.42. The predicted octanol–water partition coefficient (Wildman–Crippen LogP) is 4.66. The van der Waals surface area contributed by atoms with Crippen molar-refractivity contribution in [1.29, 1.82) is 5.26 Å². The lowest BCUT2D eigenvalue weighted by molar-refractivity contribution is 0.0698. The molecule has 10 heteroatoms. The van der Waals surface area contributed by atoms with Crippen LogP contribution in [0.3, 0.4) is 0 Å². The Morgan fingerprint density at radius 2 is 1.77 bits per heavy atom. The molecule has 2 N–H and O–H groups in total. The second kappa shape index (κ2) is 10.2. The first-order valence-corrected chi connectivity index (χ1v) is 13.2. The number of piperazine rings is 1. The van der Waals surface area contributed by atoms with E-state index in [1.807, 2.05) is 48.6 Å². The van der Waals surface area contributed by atoms with E-state index in [1.165, 1.54) is 0 Å². The molecule has 6 rings (SSSR count). The Morgan fingerprint density at radius 3 is 2.50 bits per heavy atom. The van der Waals surface area contributed by atoms with Crippen molar-refractivity contribution in [3.63, 3.8) is 0 Å². The van der Waals surface area contributed by atoms with Crippen molar-refractivity contribution in [2.24, 2.45) is 0 Å². The molecular formula is C30H28N8O2. The van der Waals surface area contributed by atoms with Crippen LogP contribution in [-0.4, -0.2) is 56.8 Å². The highest BCUT2D eigenvalue weighted by atomic mass is 16.4. The summed E-state index contributed by atoms with van der Waals surface area (Å²) in [5.41, 5.74) is 6.08. The number of carboxylic acid groups (broad SMARTS) is 1. The fourth-order valence-electron chi connectivity index (χ4n) is 5.39. The number of aromatic nitrogens is 4. The number of aryl methyl sites for hydroxylation is 1. The zero-order valence-electron chi connectivity index (χ0n) is 22.2. The fourth-order valence-corrected chi connectivity index (χ4v) is 5.39. The number of carbonyl (C=O) groups is 1. The van der Waals surface area contributed by atoms with Crippen molar-refractivity contribution in [3.05, 3.63) is 89.2 Å². The summed E-state index contributed by atoms with van der Waals surface area (Å²) in [6, 6.07) is 20.7. The summed E-state index contributed by atoms with van der Waals surface area (Å²) < 4.78 is 1.95. The first-order valence-electron chi connectivity index (χ1n) is 13.2. The van der Waals surface area contributed by atoms with Crippen LogP contribution in [0.4, 0.5) is 17.3 Å². The average molecular weight is 533 g/mol. The highest BCUT2D eigenvalue weighted by molar-refractivity contribution is 5.96. The second-order valence-corrected chi connectivity index (χ2v) is 10.0. The summed E-state index contributed by atoms with van der Waals surface area (Å²) >= 11 is 0. The van der Waals surface area contributed by atoms with Gasteiger partial charge in [-0.2, -0.15) is 5.26 Å². The van der Waals surface area contributed by atoms with Crippen LogP contribution in [-0.2, 0) is 0 Å². The van der Waals surface area contributed by atoms with Gasteiger partial charge in [0, 0.05) is 48.5 Å². The van der Waals surface area contributed by atoms with E-state index in [1.54, 1.807) is 24.5 Å². The lowest BCUT2D eigenvalue weighted by Crippen LogP contribution is -2.47. The smallest absolute Gasteiger partial charge is 0.337 e. The van der Waals surface area contributed by atoms with Gasteiger partial charge in [-0.3, -0.25) is 4.40 Å². The van der Waals surface area contributed by atoms with Crippen LogP contribution >= 0.6 is 0 Å². The van der Waals surface area contributed by atoms with Gasteiger partial charge in [-0.05, 0) is 61.9 Å². The highest BCUT2D eigenvalue weighted by Crippen LogP contribution is 2.32. The SMILES string of the molecule is Cc1cc([C@@H](C)Nc2ccccc2C(=O)O)c2nc(N3CCN(c4ccc(C#N)cc4)CC3)n3cnnc3c2c1. The largest absolute Gasteiger partial charge is 0.478 e. The van der Waals surface area contributed by atoms with E-state index < -0.39 is 5.97 Å². The third kappa shape index (κ3) is 4.52. The average Bonchev–Trinajstić information content (AvgIpc) is 3.47. The maximum Gasteiger partial charge on any atom is 0.337 e. The number of nitrogens with zero attached hydrogens (tertiary/aromatic N) is 7. The summed E-state index contributed by atoms with van der Waals surface area (Å²) in [6.07, 6.45) is 1.71. The van der Waals surface area contributed by atoms with Gasteiger partial charge in [-0.1, -0.05) is 18.2 Å². The van der Waals surface area contributed by atoms with Crippen molar-refractivity contribution in [1.82, 2.24) is 19.6 Å². The van der Waals surface area contributed by atoms with Gasteiger partial charge in [-0.15, -0.1) is 10.2 Å². The lowest BCUT2D eigenvalue weighted by Gasteiger charge is -2.36. The molecule has 2 aromatic heterocycles. The summed E-state index contributed by atoms with van der Waals surface area (Å²) in [5.74, 6) is -0.203. The Balaban J connectivity index is 1.35. The van der Waals surface area contributed by atoms with Gasteiger partial charge in [-0.25, -0.2) is 9.78 Å². The Bertz CT molecular complexity index is 1770. The molecule has 0 unspecified atom stereocenters. The Labute approximate surface area is 231 Å². The Morgan fingerprint density at radius 1 is 1.05 bits per heavy atom. The van der Waals surface area contributed by atoms with Crippen molar-refractivity contribution in [2.45, 2.75) is 19.9 Å². The van der Waals surface area contributed by atoms with Gasteiger partial charge >= 0.3 is 5.97 Å². The van der Waals surface area contributed by atoms with Crippen LogP contribution in [0.25, 0.3) is 16.6 Å². The van der Waals surface area contributed by atoms with E-state index >= 15 is 0 Å². The molecule has 0 amide bonds. The second-order valence-electron chi connectivity index (χ2n) is 10.0. The number of nitrogens with one attached hydrogen (secondary N) is 1. The number of rotatable bonds is 6. The fraction of sp³-hybridized carbons (Fsp3) is 0.233. The van der Waals surface area contributed by atoms with Crippen molar-refractivity contribution < 1.29 is 9.90 Å². The maximum atomic E-state index is 11.8. The molecular weight excluding hydrogens is 504 g/mol. The molecule has 1 saturated heterocycles. The molecule has 0 radical (unpaired) electrons. The monoisotopic (exact) mass is 532 g/mol. The molecule has 1 aliphatic heterocycles. The van der Waals surface area contributed by atoms with Crippen LogP contribution in [0.5, 0.6) is 0 Å². The zero-order chi connectivity index (χ0) is 27.8. The van der Waals surface area contributed by atoms with Gasteiger partial charge in [0.1, 0.15) is 6.33 Å². The molecule has 3 aromatic carbocycles. The number of fused-ring (bicyclic) bond motifs is 3. The molecule has 0 saturated carbocycles. The number of benzene rings is 3. The Hall–Kier alpha value is -5.17. The molecule has 1 fully saturated rings. The Kier molecular flexibility index (Phi) is 6.40. The number of aromatic carboxylic acids is 1. The molecule has 0 bridgehead atoms. The molecule has 10 nitrogen and oxygen atoms in total. The number of hydrogen-bond donors (Lipinski definition) is 2. The van der Waals surface area contributed by atoms with E-state index in [4.69, 9.17) is 10.2 Å². The topological polar surface area (TPSA) is 123 Å². The molecule has 0 aliphatic carbocycles. The van der Waals surface area contributed by atoms with E-state index in [9.17, 15) is 9.90 Å². The van der Waals surface area contributed by atoms with E-state index in [-0.39, 0.29) is 11.6 Å². The molecule has 1 aliphatic rings. The third-order valence-corrected chi connectivity index (χ3v) is 7.42. The zero-order valence-corrected chi connectivity index (χ0v) is 22.2. The summed E-state index contributed by atoms with van der Waals surface area (Å²) in [4.78, 5) is 21.5. The van der Waals surface area contributed by atoms with Crippen LogP contribution in [0.1, 0.15) is 40.0 Å². The number of carboxylic acids is 1. The minimum absolute atomic E-state index is 0.221. The van der Waals surface area contributed by atoms with Crippen LogP contribution < -0.4 is 15.1 Å². The standard InChI is InChI=1S/C30H28N8O2/c1-19-15-24(20(2)33-26-6-4-3-5-23(26)29(39)40)27-25(16-19)28-35-32-18-38(28)30(34-27)37-13-11-36(12-14-37)22-9-7-21(17-31)8-10-22/h3-10,15-16,18,20,33H,11-14H2,1-2H3,(H,39,40)/t20-/m1/s1. The van der Waals surface area contributed by atoms with Gasteiger partial charge in [0.2, 0.25) is 5.95 Å². The molecule has 3 heterocycles. The molecule has 200 valence electrons. The summed E-state index contributed by atoms with van der Waals surface area (Å²) in [5, 5.41) is 31.7. The quantitative estimate of drug-likeness (QED) is 0.321. The number of para-hydroxylation sites is 1. The number of nitriles is 1. The normalized spacial score (nSPS) is 14.3. The minimum atomic E-state index is -0.977. The van der Waals surface area contributed by atoms with Crippen molar-refractivity contribution >= 4 is 39.8 Å². The first-order chi connectivity index (χ1) is 19.4. The molecule has 40 heavy (non-hydrogen) atoms. The molecule has 0 spiro atoms. The van der Waals surface area contributed by atoms with Gasteiger partial charge in [0.25, 0.3) is 0 Å². The number of anilines is 3. The predicted molar refractivity (Wildman–Crippen MR) is 154 cm³/mol. The van der Waals surface area contributed by atoms with E-state index in [0.29, 0.717) is 11.3 Å². The van der Waals surface area contributed by atoms with Crippen LogP contribution in [0, 0.1) is 18.3 Å². The first kappa shape index (κ1) is 25.1. The maximum absolute atomic E-state index is 11.8. The van der Waals surface area contributed by atoms with Gasteiger partial charge in [0.05, 0.1) is 28.8 Å². The lowest BCUT2D eigenvalue weighted by atomic mass is 10.0. The van der Waals surface area contributed by atoms with Crippen molar-refractivity contribution in [3.8, 4) is 6.07 Å². The summed E-state index contributed by atoms with van der Waals surface area (Å²) in [7, 11) is 0. The van der Waals surface area contributed by atoms with E-state index in [2.05, 4.69) is 43.5 Å². The minimum Gasteiger partial charge on any atom is -0.478 e. The van der Waals surface area contributed by atoms with Gasteiger partial charge in [0.15, 0.2) is 5.65 Å². The highest BCUT2D eigenvalue weighted by Gasteiger charge is 2.24. The van der Waals surface area contributed by atoms with Crippen LogP contribution in [0.2, 0.25) is 0 Å².